The van der Waals surface area contributed by atoms with Crippen molar-refractivity contribution in [3.05, 3.63) is 30.5 Å². The Morgan fingerprint density at radius 2 is 2.00 bits per heavy atom. The van der Waals surface area contributed by atoms with E-state index in [-0.39, 0.29) is 4.90 Å². The van der Waals surface area contributed by atoms with Gasteiger partial charge in [-0.05, 0) is 12.1 Å². The Balaban J connectivity index is 2.91. The molecule has 0 radical (unpaired) electrons. The first-order valence-electron chi connectivity index (χ1n) is 3.60. The zero-order valence-electron chi connectivity index (χ0n) is 6.49. The number of nitrogens with one attached hydrogen (secondary N) is 1. The van der Waals surface area contributed by atoms with Gasteiger partial charge in [0.05, 0.1) is 5.52 Å². The first-order valence-corrected chi connectivity index (χ1v) is 5.91. The van der Waals surface area contributed by atoms with E-state index in [4.69, 9.17) is 10.7 Å². The second kappa shape index (κ2) is 2.75. The molecule has 0 aliphatic carbocycles. The highest BCUT2D eigenvalue weighted by atomic mass is 35.7. The molecule has 1 heterocycles. The molecule has 0 saturated carbocycles. The molecule has 0 bridgehead atoms. The van der Waals surface area contributed by atoms with Gasteiger partial charge in [0.2, 0.25) is 0 Å². The summed E-state index contributed by atoms with van der Waals surface area (Å²) in [6, 6.07) is 6.74. The molecule has 2 aromatic rings. The lowest BCUT2D eigenvalue weighted by Gasteiger charge is -1.97. The van der Waals surface area contributed by atoms with Crippen molar-refractivity contribution in [1.29, 1.82) is 0 Å². The van der Waals surface area contributed by atoms with Gasteiger partial charge in [-0.1, -0.05) is 12.1 Å². The van der Waals surface area contributed by atoms with E-state index in [1.165, 1.54) is 6.07 Å². The Hall–Kier alpha value is -1.00. The fraction of sp³-hybridized carbons (Fsp3) is 0. The maximum atomic E-state index is 11.1. The monoisotopic (exact) mass is 215 g/mol. The molecule has 13 heavy (non-hydrogen) atoms. The third-order valence-electron chi connectivity index (χ3n) is 1.81. The lowest BCUT2D eigenvalue weighted by Crippen LogP contribution is -1.91. The van der Waals surface area contributed by atoms with Crippen LogP contribution in [0.25, 0.3) is 10.9 Å². The predicted octanol–water partition coefficient (Wildman–Crippen LogP) is 2.10. The highest BCUT2D eigenvalue weighted by molar-refractivity contribution is 8.14. The molecular formula is C8H6ClNO2S. The summed E-state index contributed by atoms with van der Waals surface area (Å²) < 4.78 is 22.2. The molecule has 0 amide bonds. The van der Waals surface area contributed by atoms with E-state index < -0.39 is 9.05 Å². The van der Waals surface area contributed by atoms with Gasteiger partial charge < -0.3 is 4.98 Å². The number of benzene rings is 1. The maximum absolute atomic E-state index is 11.1. The number of fused-ring (bicyclic) bond motifs is 1. The van der Waals surface area contributed by atoms with Gasteiger partial charge >= 0.3 is 0 Å². The molecule has 1 aromatic carbocycles. The second-order valence-corrected chi connectivity index (χ2v) is 5.17. The summed E-state index contributed by atoms with van der Waals surface area (Å²) in [7, 11) is 1.59. The summed E-state index contributed by atoms with van der Waals surface area (Å²) in [6.45, 7) is 0. The third kappa shape index (κ3) is 1.43. The lowest BCUT2D eigenvalue weighted by atomic mass is 10.2. The molecule has 0 aliphatic heterocycles. The van der Waals surface area contributed by atoms with Crippen LogP contribution in [0.3, 0.4) is 0 Å². The smallest absolute Gasteiger partial charge is 0.263 e. The molecule has 1 N–H and O–H groups in total. The first-order chi connectivity index (χ1) is 6.09. The molecule has 0 unspecified atom stereocenters. The molecule has 0 saturated heterocycles. The zero-order valence-corrected chi connectivity index (χ0v) is 8.06. The molecule has 0 atom stereocenters. The number of H-pyrrole nitrogens is 1. The van der Waals surface area contributed by atoms with Crippen LogP contribution >= 0.6 is 10.7 Å². The van der Waals surface area contributed by atoms with Crippen LogP contribution in [0.1, 0.15) is 0 Å². The van der Waals surface area contributed by atoms with Crippen molar-refractivity contribution in [2.45, 2.75) is 4.90 Å². The van der Waals surface area contributed by atoms with Crippen molar-refractivity contribution in [2.75, 3.05) is 0 Å². The first kappa shape index (κ1) is 8.59. The number of rotatable bonds is 1. The van der Waals surface area contributed by atoms with Crippen LogP contribution in [0.5, 0.6) is 0 Å². The minimum absolute atomic E-state index is 0.122. The van der Waals surface area contributed by atoms with E-state index in [0.717, 1.165) is 5.39 Å². The molecule has 0 aliphatic rings. The third-order valence-corrected chi connectivity index (χ3v) is 3.18. The Bertz CT molecular complexity index is 544. The average Bonchev–Trinajstić information content (AvgIpc) is 2.48. The Kier molecular flexibility index (Phi) is 1.82. The Labute approximate surface area is 79.8 Å². The van der Waals surface area contributed by atoms with Gasteiger partial charge in [0.15, 0.2) is 0 Å². The minimum atomic E-state index is -3.66. The van der Waals surface area contributed by atoms with Crippen molar-refractivity contribution in [1.82, 2.24) is 4.98 Å². The Morgan fingerprint density at radius 1 is 1.23 bits per heavy atom. The van der Waals surface area contributed by atoms with E-state index in [9.17, 15) is 8.42 Å². The van der Waals surface area contributed by atoms with Gasteiger partial charge in [-0.3, -0.25) is 0 Å². The predicted molar refractivity (Wildman–Crippen MR) is 51.3 cm³/mol. The molecule has 3 nitrogen and oxygen atoms in total. The molecular weight excluding hydrogens is 210 g/mol. The number of halogens is 1. The summed E-state index contributed by atoms with van der Waals surface area (Å²) in [5.74, 6) is 0. The van der Waals surface area contributed by atoms with Gasteiger partial charge in [-0.25, -0.2) is 8.42 Å². The SMILES string of the molecule is O=S(=O)(Cl)c1cccc2cc[nH]c12. The van der Waals surface area contributed by atoms with E-state index in [1.807, 2.05) is 6.07 Å². The molecule has 68 valence electrons. The number of para-hydroxylation sites is 1. The summed E-state index contributed by atoms with van der Waals surface area (Å²) in [5.41, 5.74) is 0.553. The van der Waals surface area contributed by atoms with Crippen LogP contribution in [-0.4, -0.2) is 13.4 Å². The molecule has 2 rings (SSSR count). The van der Waals surface area contributed by atoms with Crippen molar-refractivity contribution >= 4 is 30.6 Å². The summed E-state index contributed by atoms with van der Waals surface area (Å²) in [4.78, 5) is 2.95. The highest BCUT2D eigenvalue weighted by Crippen LogP contribution is 2.23. The zero-order chi connectivity index (χ0) is 9.47. The summed E-state index contributed by atoms with van der Waals surface area (Å²) >= 11 is 0. The normalized spacial score (nSPS) is 12.1. The largest absolute Gasteiger partial charge is 0.360 e. The number of hydrogen-bond donors (Lipinski definition) is 1. The molecule has 5 heteroatoms. The minimum Gasteiger partial charge on any atom is -0.360 e. The van der Waals surface area contributed by atoms with E-state index in [1.54, 1.807) is 18.3 Å². The fourth-order valence-electron chi connectivity index (χ4n) is 1.26. The van der Waals surface area contributed by atoms with Gasteiger partial charge in [0.25, 0.3) is 9.05 Å². The molecule has 0 spiro atoms. The van der Waals surface area contributed by atoms with E-state index in [0.29, 0.717) is 5.52 Å². The maximum Gasteiger partial charge on any atom is 0.263 e. The lowest BCUT2D eigenvalue weighted by molar-refractivity contribution is 0.610. The van der Waals surface area contributed by atoms with Gasteiger partial charge in [0, 0.05) is 22.3 Å². The average molecular weight is 216 g/mol. The number of aromatic amines is 1. The van der Waals surface area contributed by atoms with Crippen molar-refractivity contribution in [3.8, 4) is 0 Å². The van der Waals surface area contributed by atoms with Crippen molar-refractivity contribution in [3.63, 3.8) is 0 Å². The van der Waals surface area contributed by atoms with Crippen LogP contribution in [0.4, 0.5) is 0 Å². The Morgan fingerprint density at radius 3 is 2.69 bits per heavy atom. The van der Waals surface area contributed by atoms with Crippen LogP contribution in [0.2, 0.25) is 0 Å². The summed E-state index contributed by atoms with van der Waals surface area (Å²) in [6.07, 6.45) is 1.68. The van der Waals surface area contributed by atoms with Crippen molar-refractivity contribution in [2.24, 2.45) is 0 Å². The highest BCUT2D eigenvalue weighted by Gasteiger charge is 2.13. The van der Waals surface area contributed by atoms with Crippen LogP contribution in [-0.2, 0) is 9.05 Å². The van der Waals surface area contributed by atoms with Gasteiger partial charge in [-0.2, -0.15) is 0 Å². The second-order valence-electron chi connectivity index (χ2n) is 2.64. The summed E-state index contributed by atoms with van der Waals surface area (Å²) in [5, 5.41) is 0.835. The quantitative estimate of drug-likeness (QED) is 0.741. The van der Waals surface area contributed by atoms with Crippen LogP contribution in [0.15, 0.2) is 35.4 Å². The standard InChI is InChI=1S/C8H6ClNO2S/c9-13(11,12)7-3-1-2-6-4-5-10-8(6)7/h1-5,10H. The van der Waals surface area contributed by atoms with E-state index >= 15 is 0 Å². The van der Waals surface area contributed by atoms with Crippen LogP contribution in [0, 0.1) is 0 Å². The number of aromatic nitrogens is 1. The number of hydrogen-bond acceptors (Lipinski definition) is 2. The molecule has 1 aromatic heterocycles. The van der Waals surface area contributed by atoms with E-state index in [2.05, 4.69) is 4.98 Å². The van der Waals surface area contributed by atoms with Crippen molar-refractivity contribution < 1.29 is 8.42 Å². The van der Waals surface area contributed by atoms with Gasteiger partial charge in [0.1, 0.15) is 4.90 Å². The topological polar surface area (TPSA) is 49.9 Å². The van der Waals surface area contributed by atoms with Crippen LogP contribution < -0.4 is 0 Å². The molecule has 0 fully saturated rings. The van der Waals surface area contributed by atoms with Gasteiger partial charge in [-0.15, -0.1) is 0 Å². The fourth-order valence-corrected chi connectivity index (χ4v) is 2.31.